The number of nitrogens with two attached hydrogens (primary N) is 1. The number of nitrogens with zero attached hydrogens (tertiary/aromatic N) is 1. The zero-order valence-electron chi connectivity index (χ0n) is 11.1. The molecular formula is C14H20FN3O. The summed E-state index contributed by atoms with van der Waals surface area (Å²) in [7, 11) is 0. The van der Waals surface area contributed by atoms with Crippen LogP contribution in [0.15, 0.2) is 18.3 Å². The molecule has 1 amide bonds. The van der Waals surface area contributed by atoms with Crippen LogP contribution in [-0.4, -0.2) is 16.9 Å². The van der Waals surface area contributed by atoms with Crippen LogP contribution < -0.4 is 11.1 Å². The summed E-state index contributed by atoms with van der Waals surface area (Å²) in [6.07, 6.45) is 5.02. The van der Waals surface area contributed by atoms with Gasteiger partial charge in [-0.1, -0.05) is 0 Å². The quantitative estimate of drug-likeness (QED) is 0.824. The highest BCUT2D eigenvalue weighted by molar-refractivity contribution is 5.92. The van der Waals surface area contributed by atoms with E-state index in [0.29, 0.717) is 11.6 Å². The molecule has 1 atom stereocenters. The molecule has 0 bridgehead atoms. The summed E-state index contributed by atoms with van der Waals surface area (Å²) in [5.74, 6) is -0.0964. The van der Waals surface area contributed by atoms with Crippen molar-refractivity contribution in [1.82, 2.24) is 4.98 Å². The Hall–Kier alpha value is -1.49. The number of rotatable bonds is 3. The number of anilines is 1. The lowest BCUT2D eigenvalue weighted by Crippen LogP contribution is -2.33. The predicted octanol–water partition coefficient (Wildman–Crippen LogP) is 2.31. The van der Waals surface area contributed by atoms with E-state index < -0.39 is 5.95 Å². The molecule has 1 fully saturated rings. The monoisotopic (exact) mass is 265 g/mol. The van der Waals surface area contributed by atoms with Crippen LogP contribution in [0.4, 0.5) is 10.1 Å². The molecule has 3 N–H and O–H groups in total. The molecule has 0 unspecified atom stereocenters. The summed E-state index contributed by atoms with van der Waals surface area (Å²) in [6, 6.07) is 3.01. The third kappa shape index (κ3) is 3.73. The Morgan fingerprint density at radius 3 is 2.74 bits per heavy atom. The fourth-order valence-corrected chi connectivity index (χ4v) is 2.63. The molecule has 1 aromatic heterocycles. The molecule has 0 saturated heterocycles. The van der Waals surface area contributed by atoms with E-state index in [4.69, 9.17) is 5.73 Å². The molecule has 104 valence electrons. The van der Waals surface area contributed by atoms with Crippen molar-refractivity contribution in [2.24, 2.45) is 17.6 Å². The zero-order chi connectivity index (χ0) is 13.8. The van der Waals surface area contributed by atoms with Crippen LogP contribution in [0.2, 0.25) is 0 Å². The maximum atomic E-state index is 12.9. The van der Waals surface area contributed by atoms with Crippen LogP contribution in [0.3, 0.4) is 0 Å². The van der Waals surface area contributed by atoms with Gasteiger partial charge in [0.25, 0.3) is 0 Å². The second-order valence-corrected chi connectivity index (χ2v) is 5.33. The zero-order valence-corrected chi connectivity index (χ0v) is 11.1. The first-order chi connectivity index (χ1) is 9.06. The van der Waals surface area contributed by atoms with Crippen molar-refractivity contribution in [3.63, 3.8) is 0 Å². The van der Waals surface area contributed by atoms with Crippen molar-refractivity contribution in [1.29, 1.82) is 0 Å². The molecule has 2 rings (SSSR count). The summed E-state index contributed by atoms with van der Waals surface area (Å²) in [5, 5.41) is 2.75. The first kappa shape index (κ1) is 13.9. The van der Waals surface area contributed by atoms with Crippen molar-refractivity contribution >= 4 is 11.6 Å². The van der Waals surface area contributed by atoms with Gasteiger partial charge in [-0.3, -0.25) is 4.79 Å². The first-order valence-corrected chi connectivity index (χ1v) is 6.74. The van der Waals surface area contributed by atoms with Gasteiger partial charge in [-0.15, -0.1) is 0 Å². The van der Waals surface area contributed by atoms with E-state index in [1.807, 2.05) is 6.92 Å². The largest absolute Gasteiger partial charge is 0.328 e. The number of amides is 1. The number of hydrogen-bond donors (Lipinski definition) is 2. The van der Waals surface area contributed by atoms with Gasteiger partial charge in [-0.25, -0.2) is 4.98 Å². The lowest BCUT2D eigenvalue weighted by Gasteiger charge is -2.29. The molecule has 1 aliphatic rings. The van der Waals surface area contributed by atoms with Gasteiger partial charge in [-0.2, -0.15) is 4.39 Å². The second kappa shape index (κ2) is 6.10. The number of aromatic nitrogens is 1. The number of halogens is 1. The van der Waals surface area contributed by atoms with Crippen molar-refractivity contribution in [2.75, 3.05) is 5.32 Å². The van der Waals surface area contributed by atoms with E-state index in [-0.39, 0.29) is 17.9 Å². The first-order valence-electron chi connectivity index (χ1n) is 6.74. The Morgan fingerprint density at radius 1 is 1.47 bits per heavy atom. The lowest BCUT2D eigenvalue weighted by molar-refractivity contribution is -0.121. The van der Waals surface area contributed by atoms with Crippen molar-refractivity contribution in [3.05, 3.63) is 24.3 Å². The van der Waals surface area contributed by atoms with Crippen LogP contribution >= 0.6 is 0 Å². The number of pyridine rings is 1. The summed E-state index contributed by atoms with van der Waals surface area (Å²) in [4.78, 5) is 15.5. The molecule has 1 aromatic rings. The second-order valence-electron chi connectivity index (χ2n) is 5.33. The van der Waals surface area contributed by atoms with Crippen LogP contribution in [-0.2, 0) is 4.79 Å². The Morgan fingerprint density at radius 2 is 2.16 bits per heavy atom. The molecule has 1 heterocycles. The van der Waals surface area contributed by atoms with Gasteiger partial charge < -0.3 is 11.1 Å². The predicted molar refractivity (Wildman–Crippen MR) is 71.9 cm³/mol. The topological polar surface area (TPSA) is 68.0 Å². The van der Waals surface area contributed by atoms with E-state index in [0.717, 1.165) is 25.7 Å². The molecule has 1 saturated carbocycles. The molecular weight excluding hydrogens is 245 g/mol. The molecule has 0 radical (unpaired) electrons. The summed E-state index contributed by atoms with van der Waals surface area (Å²) in [5.41, 5.74) is 6.34. The van der Waals surface area contributed by atoms with E-state index in [1.54, 1.807) is 6.07 Å². The van der Waals surface area contributed by atoms with Crippen molar-refractivity contribution < 1.29 is 9.18 Å². The van der Waals surface area contributed by atoms with Gasteiger partial charge in [0.2, 0.25) is 11.9 Å². The van der Waals surface area contributed by atoms with Gasteiger partial charge in [0.05, 0.1) is 0 Å². The minimum Gasteiger partial charge on any atom is -0.328 e. The Balaban J connectivity index is 1.88. The third-order valence-electron chi connectivity index (χ3n) is 3.88. The van der Waals surface area contributed by atoms with Crippen molar-refractivity contribution in [3.8, 4) is 0 Å². The Bertz CT molecular complexity index is 442. The van der Waals surface area contributed by atoms with Gasteiger partial charge in [0, 0.05) is 29.9 Å². The van der Waals surface area contributed by atoms with Gasteiger partial charge in [0.15, 0.2) is 0 Å². The summed E-state index contributed by atoms with van der Waals surface area (Å²) < 4.78 is 12.9. The Kier molecular flexibility index (Phi) is 4.47. The number of hydrogen-bond acceptors (Lipinski definition) is 3. The fourth-order valence-electron chi connectivity index (χ4n) is 2.63. The molecule has 0 aromatic carbocycles. The maximum absolute atomic E-state index is 12.9. The van der Waals surface area contributed by atoms with E-state index in [2.05, 4.69) is 10.3 Å². The minimum absolute atomic E-state index is 0.00577. The molecule has 4 nitrogen and oxygen atoms in total. The number of nitrogens with one attached hydrogen (secondary N) is 1. The average molecular weight is 265 g/mol. The van der Waals surface area contributed by atoms with Crippen LogP contribution in [0.1, 0.15) is 32.6 Å². The maximum Gasteiger partial charge on any atom is 0.227 e. The van der Waals surface area contributed by atoms with Gasteiger partial charge >= 0.3 is 0 Å². The Labute approximate surface area is 112 Å². The summed E-state index contributed by atoms with van der Waals surface area (Å²) in [6.45, 7) is 2.02. The molecule has 1 aliphatic carbocycles. The fraction of sp³-hybridized carbons (Fsp3) is 0.571. The SMILES string of the molecule is C[C@@H](N)C1CCC(C(=O)Nc2ccnc(F)c2)CC1. The summed E-state index contributed by atoms with van der Waals surface area (Å²) >= 11 is 0. The van der Waals surface area contributed by atoms with Crippen LogP contribution in [0.25, 0.3) is 0 Å². The van der Waals surface area contributed by atoms with Crippen LogP contribution in [0.5, 0.6) is 0 Å². The highest BCUT2D eigenvalue weighted by Crippen LogP contribution is 2.31. The van der Waals surface area contributed by atoms with E-state index in [1.165, 1.54) is 12.3 Å². The van der Waals surface area contributed by atoms with E-state index in [9.17, 15) is 9.18 Å². The van der Waals surface area contributed by atoms with Crippen molar-refractivity contribution in [2.45, 2.75) is 38.6 Å². The third-order valence-corrected chi connectivity index (χ3v) is 3.88. The highest BCUT2D eigenvalue weighted by Gasteiger charge is 2.27. The average Bonchev–Trinajstić information content (AvgIpc) is 2.39. The van der Waals surface area contributed by atoms with Gasteiger partial charge in [-0.05, 0) is 44.6 Å². The number of carbonyl (C=O) groups is 1. The molecule has 5 heteroatoms. The molecule has 19 heavy (non-hydrogen) atoms. The highest BCUT2D eigenvalue weighted by atomic mass is 19.1. The van der Waals surface area contributed by atoms with E-state index >= 15 is 0 Å². The smallest absolute Gasteiger partial charge is 0.227 e. The minimum atomic E-state index is -0.585. The standard InChI is InChI=1S/C14H20FN3O/c1-9(16)10-2-4-11(5-3-10)14(19)18-12-6-7-17-13(15)8-12/h6-11H,2-5,16H2,1H3,(H,17,18,19)/t9-,10?,11?/m1/s1. The lowest BCUT2D eigenvalue weighted by atomic mass is 9.79. The van der Waals surface area contributed by atoms with Gasteiger partial charge in [0.1, 0.15) is 0 Å². The number of carbonyl (C=O) groups excluding carboxylic acids is 1. The molecule has 0 spiro atoms. The normalized spacial score (nSPS) is 24.8. The molecule has 0 aliphatic heterocycles. The van der Waals surface area contributed by atoms with Crippen LogP contribution in [0, 0.1) is 17.8 Å².